The molecule has 0 amide bonds. The lowest BCUT2D eigenvalue weighted by Crippen LogP contribution is -2.28. The topological polar surface area (TPSA) is 37.3 Å². The molecule has 0 radical (unpaired) electrons. The fourth-order valence-corrected chi connectivity index (χ4v) is 2.53. The molecule has 1 aliphatic rings. The Hall–Kier alpha value is -1.71. The molecular formula is C16H18F2O2. The van der Waals surface area contributed by atoms with Crippen LogP contribution in [0.2, 0.25) is 0 Å². The van der Waals surface area contributed by atoms with E-state index in [9.17, 15) is 13.6 Å². The van der Waals surface area contributed by atoms with E-state index in [2.05, 4.69) is 0 Å². The molecular weight excluding hydrogens is 262 g/mol. The lowest BCUT2D eigenvalue weighted by atomic mass is 9.86. The van der Waals surface area contributed by atoms with Gasteiger partial charge in [-0.2, -0.15) is 0 Å². The third-order valence-electron chi connectivity index (χ3n) is 3.74. The van der Waals surface area contributed by atoms with Gasteiger partial charge in [-0.25, -0.2) is 13.6 Å². The Morgan fingerprint density at radius 1 is 1.25 bits per heavy atom. The van der Waals surface area contributed by atoms with Crippen molar-refractivity contribution in [2.45, 2.75) is 38.0 Å². The molecule has 0 spiro atoms. The summed E-state index contributed by atoms with van der Waals surface area (Å²) in [5.74, 6) is -4.50. The molecule has 0 heterocycles. The molecule has 0 aromatic heterocycles. The molecule has 0 bridgehead atoms. The third kappa shape index (κ3) is 3.65. The molecule has 0 aliphatic heterocycles. The summed E-state index contributed by atoms with van der Waals surface area (Å²) in [6.07, 6.45) is 5.84. The zero-order valence-corrected chi connectivity index (χ0v) is 11.2. The minimum Gasteiger partial charge on any atom is -0.478 e. The van der Waals surface area contributed by atoms with Crippen LogP contribution in [0.3, 0.4) is 0 Å². The standard InChI is InChI=1S/C16H18F2O2/c17-16(18)10-4-2-1-3-5-14(16)11-12-6-8-13(9-7-12)15(19)20/h4,6-10,14H,1-3,5,11H2,(H,19,20). The maximum atomic E-state index is 14.0. The van der Waals surface area contributed by atoms with Crippen molar-refractivity contribution in [3.05, 3.63) is 47.5 Å². The summed E-state index contributed by atoms with van der Waals surface area (Å²) in [5, 5.41) is 8.82. The van der Waals surface area contributed by atoms with Crippen LogP contribution < -0.4 is 0 Å². The first kappa shape index (κ1) is 14.7. The number of rotatable bonds is 3. The van der Waals surface area contributed by atoms with E-state index in [4.69, 9.17) is 5.11 Å². The first-order valence-electron chi connectivity index (χ1n) is 6.87. The molecule has 0 saturated carbocycles. The van der Waals surface area contributed by atoms with E-state index >= 15 is 0 Å². The summed E-state index contributed by atoms with van der Waals surface area (Å²) in [7, 11) is 0. The van der Waals surface area contributed by atoms with Crippen molar-refractivity contribution in [3.63, 3.8) is 0 Å². The molecule has 1 aliphatic carbocycles. The molecule has 1 atom stereocenters. The number of alkyl halides is 2. The second kappa shape index (κ2) is 6.16. The van der Waals surface area contributed by atoms with Gasteiger partial charge in [-0.3, -0.25) is 0 Å². The Labute approximate surface area is 117 Å². The Morgan fingerprint density at radius 2 is 1.95 bits per heavy atom. The number of hydrogen-bond donors (Lipinski definition) is 1. The van der Waals surface area contributed by atoms with Gasteiger partial charge in [0.05, 0.1) is 5.56 Å². The van der Waals surface area contributed by atoms with Crippen LogP contribution in [0, 0.1) is 5.92 Å². The number of benzene rings is 1. The summed E-state index contributed by atoms with van der Waals surface area (Å²) in [6.45, 7) is 0. The zero-order chi connectivity index (χ0) is 14.6. The van der Waals surface area contributed by atoms with Gasteiger partial charge in [-0.05, 0) is 49.5 Å². The van der Waals surface area contributed by atoms with Crippen LogP contribution in [0.15, 0.2) is 36.4 Å². The number of halogens is 2. The van der Waals surface area contributed by atoms with Crippen molar-refractivity contribution < 1.29 is 18.7 Å². The van der Waals surface area contributed by atoms with Gasteiger partial charge in [-0.15, -0.1) is 0 Å². The normalized spacial score (nSPS) is 22.0. The molecule has 20 heavy (non-hydrogen) atoms. The van der Waals surface area contributed by atoms with Gasteiger partial charge in [0.1, 0.15) is 0 Å². The fourth-order valence-electron chi connectivity index (χ4n) is 2.53. The van der Waals surface area contributed by atoms with Gasteiger partial charge < -0.3 is 5.11 Å². The Kier molecular flexibility index (Phi) is 4.53. The molecule has 0 saturated heterocycles. The predicted molar refractivity (Wildman–Crippen MR) is 73.2 cm³/mol. The quantitative estimate of drug-likeness (QED) is 0.838. The van der Waals surface area contributed by atoms with E-state index in [0.29, 0.717) is 6.42 Å². The van der Waals surface area contributed by atoms with Crippen LogP contribution in [0.4, 0.5) is 8.78 Å². The largest absolute Gasteiger partial charge is 0.478 e. The van der Waals surface area contributed by atoms with E-state index in [1.165, 1.54) is 12.1 Å². The lowest BCUT2D eigenvalue weighted by molar-refractivity contribution is -0.0151. The number of aromatic carboxylic acids is 1. The Morgan fingerprint density at radius 3 is 2.60 bits per heavy atom. The van der Waals surface area contributed by atoms with Gasteiger partial charge in [0.15, 0.2) is 0 Å². The second-order valence-corrected chi connectivity index (χ2v) is 5.26. The van der Waals surface area contributed by atoms with Crippen LogP contribution in [-0.4, -0.2) is 17.0 Å². The number of carboxylic acids is 1. The van der Waals surface area contributed by atoms with Gasteiger partial charge in [0.25, 0.3) is 5.92 Å². The Balaban J connectivity index is 2.12. The molecule has 2 rings (SSSR count). The highest BCUT2D eigenvalue weighted by Gasteiger charge is 2.36. The molecule has 1 N–H and O–H groups in total. The first-order valence-corrected chi connectivity index (χ1v) is 6.87. The van der Waals surface area contributed by atoms with Gasteiger partial charge in [0.2, 0.25) is 0 Å². The van der Waals surface area contributed by atoms with Crippen molar-refractivity contribution in [3.8, 4) is 0 Å². The van der Waals surface area contributed by atoms with Crippen molar-refractivity contribution in [2.75, 3.05) is 0 Å². The molecule has 1 aromatic rings. The lowest BCUT2D eigenvalue weighted by Gasteiger charge is -2.26. The zero-order valence-electron chi connectivity index (χ0n) is 11.2. The van der Waals surface area contributed by atoms with Crippen molar-refractivity contribution in [1.29, 1.82) is 0 Å². The molecule has 2 nitrogen and oxygen atoms in total. The minimum absolute atomic E-state index is 0.179. The number of carboxylic acid groups (broad SMARTS) is 1. The van der Waals surface area contributed by atoms with E-state index in [1.54, 1.807) is 18.2 Å². The highest BCUT2D eigenvalue weighted by molar-refractivity contribution is 5.87. The summed E-state index contributed by atoms with van der Waals surface area (Å²) in [4.78, 5) is 10.8. The summed E-state index contributed by atoms with van der Waals surface area (Å²) < 4.78 is 28.0. The predicted octanol–water partition coefficient (Wildman–Crippen LogP) is 4.31. The van der Waals surface area contributed by atoms with Gasteiger partial charge >= 0.3 is 5.97 Å². The number of allylic oxidation sites excluding steroid dienone is 2. The maximum Gasteiger partial charge on any atom is 0.335 e. The molecule has 0 fully saturated rings. The van der Waals surface area contributed by atoms with Crippen molar-refractivity contribution in [2.24, 2.45) is 5.92 Å². The van der Waals surface area contributed by atoms with E-state index in [1.807, 2.05) is 0 Å². The van der Waals surface area contributed by atoms with E-state index in [0.717, 1.165) is 30.9 Å². The summed E-state index contributed by atoms with van der Waals surface area (Å²) in [6, 6.07) is 6.19. The Bertz CT molecular complexity index is 492. The van der Waals surface area contributed by atoms with Crippen LogP contribution in [0.25, 0.3) is 0 Å². The van der Waals surface area contributed by atoms with E-state index in [-0.39, 0.29) is 12.0 Å². The summed E-state index contributed by atoms with van der Waals surface area (Å²) >= 11 is 0. The van der Waals surface area contributed by atoms with Crippen molar-refractivity contribution in [1.82, 2.24) is 0 Å². The van der Waals surface area contributed by atoms with Crippen LogP contribution in [0.5, 0.6) is 0 Å². The average Bonchev–Trinajstić information content (AvgIpc) is 2.40. The first-order chi connectivity index (χ1) is 9.49. The smallest absolute Gasteiger partial charge is 0.335 e. The maximum absolute atomic E-state index is 14.0. The van der Waals surface area contributed by atoms with Crippen LogP contribution >= 0.6 is 0 Å². The summed E-state index contributed by atoms with van der Waals surface area (Å²) in [5.41, 5.74) is 0.937. The molecule has 4 heteroatoms. The number of carbonyl (C=O) groups is 1. The van der Waals surface area contributed by atoms with Crippen LogP contribution in [-0.2, 0) is 6.42 Å². The van der Waals surface area contributed by atoms with Gasteiger partial charge in [0, 0.05) is 5.92 Å². The highest BCUT2D eigenvalue weighted by atomic mass is 19.3. The van der Waals surface area contributed by atoms with E-state index < -0.39 is 17.8 Å². The fraction of sp³-hybridized carbons (Fsp3) is 0.438. The minimum atomic E-state index is -2.79. The van der Waals surface area contributed by atoms with Crippen molar-refractivity contribution >= 4 is 5.97 Å². The van der Waals surface area contributed by atoms with Gasteiger partial charge in [-0.1, -0.05) is 24.6 Å². The average molecular weight is 280 g/mol. The number of hydrogen-bond acceptors (Lipinski definition) is 1. The molecule has 1 aromatic carbocycles. The second-order valence-electron chi connectivity index (χ2n) is 5.26. The molecule has 108 valence electrons. The molecule has 1 unspecified atom stereocenters. The third-order valence-corrected chi connectivity index (χ3v) is 3.74. The monoisotopic (exact) mass is 280 g/mol. The van der Waals surface area contributed by atoms with Crippen LogP contribution in [0.1, 0.15) is 41.6 Å². The SMILES string of the molecule is O=C(O)c1ccc(CC2CCCCC=CC2(F)F)cc1. The highest BCUT2D eigenvalue weighted by Crippen LogP contribution is 2.35.